The van der Waals surface area contributed by atoms with Gasteiger partial charge in [0.1, 0.15) is 0 Å². The molecular weight excluding hydrogens is 254 g/mol. The lowest BCUT2D eigenvalue weighted by atomic mass is 10.2. The minimum absolute atomic E-state index is 0.0567. The van der Waals surface area contributed by atoms with Crippen LogP contribution in [0.2, 0.25) is 0 Å². The van der Waals surface area contributed by atoms with Crippen molar-refractivity contribution < 1.29 is 0 Å². The Kier molecular flexibility index (Phi) is 5.40. The van der Waals surface area contributed by atoms with Gasteiger partial charge in [0.05, 0.1) is 4.47 Å². The number of aryl methyl sites for hydroxylation is 1. The monoisotopic (exact) mass is 269 g/mol. The number of unbranched alkanes of at least 4 members (excludes halogenated alkanes) is 3. The summed E-state index contributed by atoms with van der Waals surface area (Å²) in [4.78, 5) is 11.6. The van der Waals surface area contributed by atoms with E-state index in [0.29, 0.717) is 4.47 Å². The number of rotatable bonds is 6. The van der Waals surface area contributed by atoms with Crippen LogP contribution in [0, 0.1) is 0 Å². The number of hydrogen-bond donors (Lipinski definition) is 0. The Hall–Kier alpha value is -0.830. The molecule has 0 aliphatic rings. The fourth-order valence-corrected chi connectivity index (χ4v) is 1.81. The normalized spacial score (nSPS) is 10.2. The molecule has 0 saturated carbocycles. The number of pyridine rings is 1. The minimum Gasteiger partial charge on any atom is -0.315 e. The van der Waals surface area contributed by atoms with Gasteiger partial charge in [-0.1, -0.05) is 12.5 Å². The van der Waals surface area contributed by atoms with Gasteiger partial charge in [-0.15, -0.1) is 6.58 Å². The zero-order chi connectivity index (χ0) is 11.1. The molecule has 0 bridgehead atoms. The summed E-state index contributed by atoms with van der Waals surface area (Å²) in [6, 6.07) is 3.66. The molecule has 15 heavy (non-hydrogen) atoms. The Labute approximate surface area is 98.8 Å². The van der Waals surface area contributed by atoms with Gasteiger partial charge < -0.3 is 4.57 Å². The van der Waals surface area contributed by atoms with Crippen LogP contribution in [0.3, 0.4) is 0 Å². The average Bonchev–Trinajstić information content (AvgIpc) is 2.24. The van der Waals surface area contributed by atoms with Crippen LogP contribution in [-0.4, -0.2) is 4.57 Å². The quantitative estimate of drug-likeness (QED) is 0.574. The Balaban J connectivity index is 2.41. The largest absolute Gasteiger partial charge is 0.315 e. The molecule has 0 aliphatic heterocycles. The van der Waals surface area contributed by atoms with Crippen LogP contribution in [0.5, 0.6) is 0 Å². The van der Waals surface area contributed by atoms with Crippen molar-refractivity contribution >= 4 is 15.9 Å². The molecule has 3 heteroatoms. The smallest absolute Gasteiger partial charge is 0.264 e. The van der Waals surface area contributed by atoms with Gasteiger partial charge in [0.25, 0.3) is 5.56 Å². The summed E-state index contributed by atoms with van der Waals surface area (Å²) < 4.78 is 2.38. The van der Waals surface area contributed by atoms with Gasteiger partial charge in [-0.3, -0.25) is 4.79 Å². The lowest BCUT2D eigenvalue weighted by Crippen LogP contribution is -2.19. The Morgan fingerprint density at radius 2 is 2.20 bits per heavy atom. The second kappa shape index (κ2) is 6.62. The molecule has 0 N–H and O–H groups in total. The maximum absolute atomic E-state index is 11.6. The first-order valence-electron chi connectivity index (χ1n) is 5.21. The van der Waals surface area contributed by atoms with Crippen LogP contribution < -0.4 is 5.56 Å². The lowest BCUT2D eigenvalue weighted by molar-refractivity contribution is 0.576. The molecule has 82 valence electrons. The first-order chi connectivity index (χ1) is 7.25. The van der Waals surface area contributed by atoms with E-state index in [1.54, 1.807) is 10.6 Å². The third-order valence-electron chi connectivity index (χ3n) is 2.28. The third-order valence-corrected chi connectivity index (χ3v) is 2.88. The second-order valence-corrected chi connectivity index (χ2v) is 4.35. The SMILES string of the molecule is C=CCCCCCn1cccc(Br)c1=O. The zero-order valence-corrected chi connectivity index (χ0v) is 10.4. The summed E-state index contributed by atoms with van der Waals surface area (Å²) >= 11 is 3.23. The first-order valence-corrected chi connectivity index (χ1v) is 6.01. The van der Waals surface area contributed by atoms with Gasteiger partial charge in [0, 0.05) is 12.7 Å². The van der Waals surface area contributed by atoms with Crippen LogP contribution >= 0.6 is 15.9 Å². The van der Waals surface area contributed by atoms with Crippen molar-refractivity contribution in [3.8, 4) is 0 Å². The lowest BCUT2D eigenvalue weighted by Gasteiger charge is -2.04. The Bertz CT molecular complexity index is 370. The van der Waals surface area contributed by atoms with Gasteiger partial charge in [0.15, 0.2) is 0 Å². The molecule has 0 aromatic carbocycles. The van der Waals surface area contributed by atoms with E-state index in [2.05, 4.69) is 22.5 Å². The minimum atomic E-state index is 0.0567. The number of aromatic nitrogens is 1. The molecule has 0 saturated heterocycles. The molecule has 0 radical (unpaired) electrons. The van der Waals surface area contributed by atoms with Crippen molar-refractivity contribution in [1.82, 2.24) is 4.57 Å². The van der Waals surface area contributed by atoms with Crippen LogP contribution in [0.25, 0.3) is 0 Å². The molecule has 0 fully saturated rings. The topological polar surface area (TPSA) is 22.0 Å². The van der Waals surface area contributed by atoms with Crippen LogP contribution in [0.1, 0.15) is 25.7 Å². The Morgan fingerprint density at radius 3 is 2.93 bits per heavy atom. The number of hydrogen-bond acceptors (Lipinski definition) is 1. The molecular formula is C12H16BrNO. The molecule has 0 unspecified atom stereocenters. The highest BCUT2D eigenvalue weighted by Crippen LogP contribution is 2.04. The van der Waals surface area contributed by atoms with E-state index in [1.807, 2.05) is 18.3 Å². The van der Waals surface area contributed by atoms with E-state index in [0.717, 1.165) is 32.2 Å². The highest BCUT2D eigenvalue weighted by molar-refractivity contribution is 9.10. The standard InChI is InChI=1S/C12H16BrNO/c1-2-3-4-5-6-9-14-10-7-8-11(13)12(14)15/h2,7-8,10H,1,3-6,9H2. The fourth-order valence-electron chi connectivity index (χ4n) is 1.43. The van der Waals surface area contributed by atoms with Gasteiger partial charge >= 0.3 is 0 Å². The van der Waals surface area contributed by atoms with Crippen molar-refractivity contribution in [2.45, 2.75) is 32.2 Å². The average molecular weight is 270 g/mol. The molecule has 2 nitrogen and oxygen atoms in total. The molecule has 0 spiro atoms. The predicted octanol–water partition coefficient (Wildman–Crippen LogP) is 3.36. The van der Waals surface area contributed by atoms with Crippen molar-refractivity contribution in [2.24, 2.45) is 0 Å². The highest BCUT2D eigenvalue weighted by atomic mass is 79.9. The maximum Gasteiger partial charge on any atom is 0.264 e. The maximum atomic E-state index is 11.6. The van der Waals surface area contributed by atoms with Crippen molar-refractivity contribution in [3.63, 3.8) is 0 Å². The summed E-state index contributed by atoms with van der Waals surface area (Å²) in [5, 5.41) is 0. The zero-order valence-electron chi connectivity index (χ0n) is 8.79. The van der Waals surface area contributed by atoms with E-state index in [4.69, 9.17) is 0 Å². The highest BCUT2D eigenvalue weighted by Gasteiger charge is 1.98. The van der Waals surface area contributed by atoms with Gasteiger partial charge in [-0.05, 0) is 47.3 Å². The molecule has 1 rings (SSSR count). The van der Waals surface area contributed by atoms with Gasteiger partial charge in [-0.2, -0.15) is 0 Å². The molecule has 0 amide bonds. The van der Waals surface area contributed by atoms with Crippen molar-refractivity contribution in [2.75, 3.05) is 0 Å². The van der Waals surface area contributed by atoms with E-state index in [9.17, 15) is 4.79 Å². The summed E-state index contributed by atoms with van der Waals surface area (Å²) in [5.41, 5.74) is 0.0567. The summed E-state index contributed by atoms with van der Waals surface area (Å²) in [6.45, 7) is 4.48. The van der Waals surface area contributed by atoms with Crippen LogP contribution in [0.4, 0.5) is 0 Å². The molecule has 1 aromatic rings. The molecule has 1 heterocycles. The van der Waals surface area contributed by atoms with Crippen molar-refractivity contribution in [3.05, 3.63) is 45.8 Å². The van der Waals surface area contributed by atoms with E-state index < -0.39 is 0 Å². The number of allylic oxidation sites excluding steroid dienone is 1. The summed E-state index contributed by atoms with van der Waals surface area (Å²) in [6.07, 6.45) is 8.18. The summed E-state index contributed by atoms with van der Waals surface area (Å²) in [5.74, 6) is 0. The second-order valence-electron chi connectivity index (χ2n) is 3.49. The summed E-state index contributed by atoms with van der Waals surface area (Å²) in [7, 11) is 0. The third kappa shape index (κ3) is 4.04. The predicted molar refractivity (Wildman–Crippen MR) is 67.1 cm³/mol. The van der Waals surface area contributed by atoms with Gasteiger partial charge in [-0.25, -0.2) is 0 Å². The molecule has 0 atom stereocenters. The Morgan fingerprint density at radius 1 is 1.40 bits per heavy atom. The van der Waals surface area contributed by atoms with Crippen molar-refractivity contribution in [1.29, 1.82) is 0 Å². The van der Waals surface area contributed by atoms with E-state index in [1.165, 1.54) is 0 Å². The number of nitrogens with zero attached hydrogens (tertiary/aromatic N) is 1. The van der Waals surface area contributed by atoms with Gasteiger partial charge in [0.2, 0.25) is 0 Å². The van der Waals surface area contributed by atoms with Crippen LogP contribution in [-0.2, 0) is 6.54 Å². The molecule has 1 aromatic heterocycles. The van der Waals surface area contributed by atoms with Crippen LogP contribution in [0.15, 0.2) is 40.3 Å². The number of halogens is 1. The van der Waals surface area contributed by atoms with E-state index >= 15 is 0 Å². The van der Waals surface area contributed by atoms with E-state index in [-0.39, 0.29) is 5.56 Å². The fraction of sp³-hybridized carbons (Fsp3) is 0.417. The first kappa shape index (κ1) is 12.2. The molecule has 0 aliphatic carbocycles.